The van der Waals surface area contributed by atoms with E-state index in [0.29, 0.717) is 22.8 Å². The van der Waals surface area contributed by atoms with Crippen LogP contribution in [0.1, 0.15) is 11.1 Å². The predicted octanol–water partition coefficient (Wildman–Crippen LogP) is 3.09. The average molecular weight is 316 g/mol. The van der Waals surface area contributed by atoms with Gasteiger partial charge < -0.3 is 19.3 Å². The van der Waals surface area contributed by atoms with Crippen molar-refractivity contribution < 1.29 is 24.1 Å². The van der Waals surface area contributed by atoms with E-state index < -0.39 is 12.1 Å². The Labute approximate surface area is 135 Å². The third-order valence-corrected chi connectivity index (χ3v) is 3.53. The Morgan fingerprint density at radius 2 is 1.83 bits per heavy atom. The molecule has 0 saturated heterocycles. The molecule has 0 aliphatic rings. The van der Waals surface area contributed by atoms with Gasteiger partial charge in [-0.3, -0.25) is 0 Å². The number of carboxylic acid groups (broad SMARTS) is 1. The standard InChI is InChI=1S/C18H20O5/c1-12-6-4-5-7-15(12)23-17(18(19)20)11-13-10-14(21-2)8-9-16(13)22-3/h4-10,17H,11H2,1-3H3,(H,19,20). The largest absolute Gasteiger partial charge is 0.497 e. The fraction of sp³-hybridized carbons (Fsp3) is 0.278. The summed E-state index contributed by atoms with van der Waals surface area (Å²) in [5.41, 5.74) is 1.60. The monoisotopic (exact) mass is 316 g/mol. The van der Waals surface area contributed by atoms with Gasteiger partial charge in [0.15, 0.2) is 6.10 Å². The van der Waals surface area contributed by atoms with Crippen molar-refractivity contribution in [3.8, 4) is 17.2 Å². The highest BCUT2D eigenvalue weighted by Gasteiger charge is 2.23. The lowest BCUT2D eigenvalue weighted by molar-refractivity contribution is -0.145. The van der Waals surface area contributed by atoms with Crippen molar-refractivity contribution in [2.45, 2.75) is 19.4 Å². The van der Waals surface area contributed by atoms with Crippen LogP contribution in [0.2, 0.25) is 0 Å². The van der Waals surface area contributed by atoms with E-state index in [9.17, 15) is 9.90 Å². The molecule has 2 aromatic rings. The van der Waals surface area contributed by atoms with Gasteiger partial charge in [0.25, 0.3) is 0 Å². The number of rotatable bonds is 7. The quantitative estimate of drug-likeness (QED) is 0.850. The highest BCUT2D eigenvalue weighted by Crippen LogP contribution is 2.27. The van der Waals surface area contributed by atoms with Gasteiger partial charge in [-0.05, 0) is 36.8 Å². The lowest BCUT2D eigenvalue weighted by Gasteiger charge is -2.18. The Balaban J connectivity index is 2.26. The topological polar surface area (TPSA) is 65.0 Å². The van der Waals surface area contributed by atoms with Gasteiger partial charge in [-0.25, -0.2) is 4.79 Å². The number of benzene rings is 2. The van der Waals surface area contributed by atoms with Crippen LogP contribution < -0.4 is 14.2 Å². The van der Waals surface area contributed by atoms with Gasteiger partial charge in [0.2, 0.25) is 0 Å². The van der Waals surface area contributed by atoms with Crippen molar-refractivity contribution in [2.75, 3.05) is 14.2 Å². The lowest BCUT2D eigenvalue weighted by Crippen LogP contribution is -2.29. The SMILES string of the molecule is COc1ccc(OC)c(CC(Oc2ccccc2C)C(=O)O)c1. The van der Waals surface area contributed by atoms with Gasteiger partial charge in [0.05, 0.1) is 14.2 Å². The minimum atomic E-state index is -1.03. The molecule has 2 aromatic carbocycles. The van der Waals surface area contributed by atoms with Crippen LogP contribution in [0.4, 0.5) is 0 Å². The number of hydrogen-bond acceptors (Lipinski definition) is 4. The molecular weight excluding hydrogens is 296 g/mol. The molecule has 5 heteroatoms. The van der Waals surface area contributed by atoms with E-state index in [2.05, 4.69) is 0 Å². The number of aryl methyl sites for hydroxylation is 1. The van der Waals surface area contributed by atoms with Crippen molar-refractivity contribution in [1.29, 1.82) is 0 Å². The Bertz CT molecular complexity index is 681. The van der Waals surface area contributed by atoms with Crippen LogP contribution in [0.3, 0.4) is 0 Å². The first kappa shape index (κ1) is 16.7. The Morgan fingerprint density at radius 1 is 1.09 bits per heavy atom. The second kappa shape index (κ2) is 7.54. The number of hydrogen-bond donors (Lipinski definition) is 1. The normalized spacial score (nSPS) is 11.6. The molecule has 0 radical (unpaired) electrons. The number of carbonyl (C=O) groups is 1. The summed E-state index contributed by atoms with van der Waals surface area (Å²) in [5, 5.41) is 9.48. The van der Waals surface area contributed by atoms with Gasteiger partial charge in [0.1, 0.15) is 17.2 Å². The maximum atomic E-state index is 11.6. The smallest absolute Gasteiger partial charge is 0.345 e. The predicted molar refractivity (Wildman–Crippen MR) is 86.5 cm³/mol. The molecule has 0 spiro atoms. The molecule has 0 aromatic heterocycles. The summed E-state index contributed by atoms with van der Waals surface area (Å²) >= 11 is 0. The molecule has 1 atom stereocenters. The highest BCUT2D eigenvalue weighted by molar-refractivity contribution is 5.73. The molecule has 1 unspecified atom stereocenters. The Kier molecular flexibility index (Phi) is 5.46. The van der Waals surface area contributed by atoms with E-state index in [1.54, 1.807) is 38.5 Å². The molecule has 2 rings (SSSR count). The number of para-hydroxylation sites is 1. The Hall–Kier alpha value is -2.69. The molecule has 0 aliphatic carbocycles. The zero-order valence-corrected chi connectivity index (χ0v) is 13.4. The van der Waals surface area contributed by atoms with Crippen molar-refractivity contribution in [2.24, 2.45) is 0 Å². The Morgan fingerprint density at radius 3 is 2.43 bits per heavy atom. The van der Waals surface area contributed by atoms with Crippen LogP contribution in [0, 0.1) is 6.92 Å². The average Bonchev–Trinajstić information content (AvgIpc) is 2.55. The van der Waals surface area contributed by atoms with E-state index in [4.69, 9.17) is 14.2 Å². The molecule has 5 nitrogen and oxygen atoms in total. The second-order valence-corrected chi connectivity index (χ2v) is 5.09. The third kappa shape index (κ3) is 4.16. The third-order valence-electron chi connectivity index (χ3n) is 3.53. The molecule has 0 bridgehead atoms. The summed E-state index contributed by atoms with van der Waals surface area (Å²) in [6.07, 6.45) is -0.846. The minimum absolute atomic E-state index is 0.171. The van der Waals surface area contributed by atoms with Crippen LogP contribution in [0.15, 0.2) is 42.5 Å². The van der Waals surface area contributed by atoms with E-state index in [1.165, 1.54) is 0 Å². The number of carboxylic acids is 1. The maximum Gasteiger partial charge on any atom is 0.345 e. The van der Waals surface area contributed by atoms with Crippen molar-refractivity contribution >= 4 is 5.97 Å². The van der Waals surface area contributed by atoms with Crippen LogP contribution >= 0.6 is 0 Å². The lowest BCUT2D eigenvalue weighted by atomic mass is 10.1. The molecular formula is C18H20O5. The zero-order chi connectivity index (χ0) is 16.8. The van der Waals surface area contributed by atoms with E-state index in [-0.39, 0.29) is 6.42 Å². The summed E-state index contributed by atoms with van der Waals surface area (Å²) in [6.45, 7) is 1.88. The van der Waals surface area contributed by atoms with Crippen LogP contribution in [-0.4, -0.2) is 31.4 Å². The van der Waals surface area contributed by atoms with Gasteiger partial charge in [0, 0.05) is 12.0 Å². The summed E-state index contributed by atoms with van der Waals surface area (Å²) in [5.74, 6) is 0.770. The summed E-state index contributed by atoms with van der Waals surface area (Å²) in [7, 11) is 3.10. The molecule has 0 saturated carbocycles. The van der Waals surface area contributed by atoms with E-state index in [0.717, 1.165) is 5.56 Å². The molecule has 1 N–H and O–H groups in total. The van der Waals surface area contributed by atoms with Gasteiger partial charge in [-0.15, -0.1) is 0 Å². The maximum absolute atomic E-state index is 11.6. The summed E-state index contributed by atoms with van der Waals surface area (Å²) < 4.78 is 16.2. The molecule has 122 valence electrons. The van der Waals surface area contributed by atoms with Crippen LogP contribution in [0.5, 0.6) is 17.2 Å². The zero-order valence-electron chi connectivity index (χ0n) is 13.4. The van der Waals surface area contributed by atoms with Gasteiger partial charge in [-0.1, -0.05) is 18.2 Å². The van der Waals surface area contributed by atoms with E-state index in [1.807, 2.05) is 25.1 Å². The van der Waals surface area contributed by atoms with Crippen molar-refractivity contribution in [1.82, 2.24) is 0 Å². The number of methoxy groups -OCH3 is 2. The second-order valence-electron chi connectivity index (χ2n) is 5.09. The first-order valence-electron chi connectivity index (χ1n) is 7.21. The summed E-state index contributed by atoms with van der Waals surface area (Å²) in [4.78, 5) is 11.6. The fourth-order valence-corrected chi connectivity index (χ4v) is 2.26. The fourth-order valence-electron chi connectivity index (χ4n) is 2.26. The van der Waals surface area contributed by atoms with E-state index >= 15 is 0 Å². The first-order valence-corrected chi connectivity index (χ1v) is 7.21. The molecule has 0 heterocycles. The van der Waals surface area contributed by atoms with Crippen LogP contribution in [0.25, 0.3) is 0 Å². The van der Waals surface area contributed by atoms with Crippen molar-refractivity contribution in [3.63, 3.8) is 0 Å². The van der Waals surface area contributed by atoms with Gasteiger partial charge in [-0.2, -0.15) is 0 Å². The minimum Gasteiger partial charge on any atom is -0.497 e. The van der Waals surface area contributed by atoms with Crippen LogP contribution in [-0.2, 0) is 11.2 Å². The number of ether oxygens (including phenoxy) is 3. The number of aliphatic carboxylic acids is 1. The highest BCUT2D eigenvalue weighted by atomic mass is 16.5. The molecule has 0 aliphatic heterocycles. The first-order chi connectivity index (χ1) is 11.0. The molecule has 0 amide bonds. The van der Waals surface area contributed by atoms with Crippen molar-refractivity contribution in [3.05, 3.63) is 53.6 Å². The molecule has 0 fully saturated rings. The van der Waals surface area contributed by atoms with Gasteiger partial charge >= 0.3 is 5.97 Å². The molecule has 23 heavy (non-hydrogen) atoms. The summed E-state index contributed by atoms with van der Waals surface area (Å²) in [6, 6.07) is 12.6.